The minimum Gasteiger partial charge on any atom is -0.364 e. The number of imidazole rings is 1. The van der Waals surface area contributed by atoms with E-state index < -0.39 is 61.8 Å². The van der Waals surface area contributed by atoms with Crippen molar-refractivity contribution >= 4 is 17.5 Å². The molecule has 5 rings (SSSR count). The molecule has 2 aliphatic rings. The molecular formula is C27H30F6N6O4. The van der Waals surface area contributed by atoms with Crippen LogP contribution in [0.25, 0.3) is 5.65 Å². The number of ether oxygens (including phenoxy) is 1. The van der Waals surface area contributed by atoms with Gasteiger partial charge in [0.25, 0.3) is 5.91 Å². The highest BCUT2D eigenvalue weighted by atomic mass is 19.3. The minimum absolute atomic E-state index is 0.0872. The lowest BCUT2D eigenvalue weighted by Gasteiger charge is -2.33. The molecule has 3 heterocycles. The van der Waals surface area contributed by atoms with Crippen LogP contribution in [0.1, 0.15) is 90.8 Å². The van der Waals surface area contributed by atoms with E-state index in [1.54, 1.807) is 12.3 Å². The van der Waals surface area contributed by atoms with Crippen LogP contribution in [0.4, 0.5) is 26.3 Å². The first-order valence-corrected chi connectivity index (χ1v) is 13.9. The number of nitrogens with one attached hydrogen (secondary N) is 2. The summed E-state index contributed by atoms with van der Waals surface area (Å²) < 4.78 is 88.7. The van der Waals surface area contributed by atoms with E-state index in [0.29, 0.717) is 16.9 Å². The molecule has 2 aliphatic carbocycles. The van der Waals surface area contributed by atoms with Gasteiger partial charge in [-0.1, -0.05) is 5.16 Å². The molecule has 2 atom stereocenters. The third-order valence-corrected chi connectivity index (χ3v) is 7.79. The summed E-state index contributed by atoms with van der Waals surface area (Å²) in [4.78, 5) is 30.2. The summed E-state index contributed by atoms with van der Waals surface area (Å²) in [6.45, 7) is -3.77. The normalized spacial score (nSPS) is 18.7. The van der Waals surface area contributed by atoms with Crippen LogP contribution >= 0.6 is 0 Å². The van der Waals surface area contributed by atoms with Crippen LogP contribution in [-0.4, -0.2) is 50.5 Å². The maximum atomic E-state index is 14.0. The molecule has 2 saturated carbocycles. The summed E-state index contributed by atoms with van der Waals surface area (Å²) in [5.74, 6) is -4.36. The number of carbonyl (C=O) groups excluding carboxylic acids is 2. The Morgan fingerprint density at radius 3 is 2.47 bits per heavy atom. The average molecular weight is 617 g/mol. The Morgan fingerprint density at radius 1 is 1.07 bits per heavy atom. The molecule has 2 amide bonds. The van der Waals surface area contributed by atoms with Gasteiger partial charge >= 0.3 is 6.61 Å². The van der Waals surface area contributed by atoms with E-state index in [0.717, 1.165) is 19.1 Å². The second kappa shape index (κ2) is 12.9. The van der Waals surface area contributed by atoms with Crippen LogP contribution in [0.2, 0.25) is 0 Å². The van der Waals surface area contributed by atoms with Crippen molar-refractivity contribution in [3.63, 3.8) is 0 Å². The van der Waals surface area contributed by atoms with Crippen molar-refractivity contribution < 1.29 is 45.2 Å². The molecule has 0 radical (unpaired) electrons. The van der Waals surface area contributed by atoms with Crippen LogP contribution in [0.5, 0.6) is 0 Å². The molecule has 3 aromatic rings. The number of alkyl halides is 6. The van der Waals surface area contributed by atoms with Gasteiger partial charge in [0.2, 0.25) is 18.3 Å². The highest BCUT2D eigenvalue weighted by molar-refractivity contribution is 5.95. The second-order valence-corrected chi connectivity index (χ2v) is 11.0. The smallest absolute Gasteiger partial charge is 0.345 e. The van der Waals surface area contributed by atoms with Crippen molar-refractivity contribution in [2.75, 3.05) is 0 Å². The summed E-state index contributed by atoms with van der Waals surface area (Å²) in [7, 11) is 0. The van der Waals surface area contributed by atoms with Gasteiger partial charge in [-0.2, -0.15) is 13.9 Å². The van der Waals surface area contributed by atoms with E-state index in [2.05, 4.69) is 30.6 Å². The van der Waals surface area contributed by atoms with Crippen molar-refractivity contribution in [1.82, 2.24) is 30.4 Å². The number of amides is 2. The average Bonchev–Trinajstić information content (AvgIpc) is 3.53. The maximum Gasteiger partial charge on any atom is 0.345 e. The Bertz CT molecular complexity index is 1420. The van der Waals surface area contributed by atoms with Crippen LogP contribution in [0.15, 0.2) is 29.2 Å². The molecule has 0 bridgehead atoms. The topological polar surface area (TPSA) is 124 Å². The molecule has 0 aliphatic heterocycles. The van der Waals surface area contributed by atoms with E-state index in [9.17, 15) is 35.9 Å². The molecule has 2 fully saturated rings. The predicted octanol–water partition coefficient (Wildman–Crippen LogP) is 5.37. The summed E-state index contributed by atoms with van der Waals surface area (Å²) in [5.41, 5.74) is 1.01. The lowest BCUT2D eigenvalue weighted by atomic mass is 9.81. The summed E-state index contributed by atoms with van der Waals surface area (Å²) in [5, 5.41) is 13.5. The third kappa shape index (κ3) is 7.83. The fourth-order valence-electron chi connectivity index (χ4n) is 5.36. The Balaban J connectivity index is 1.39. The van der Waals surface area contributed by atoms with Crippen molar-refractivity contribution in [3.05, 3.63) is 47.2 Å². The highest BCUT2D eigenvalue weighted by Crippen LogP contribution is 2.43. The number of hydrogen-bond acceptors (Lipinski definition) is 7. The van der Waals surface area contributed by atoms with Crippen LogP contribution in [0.3, 0.4) is 0 Å². The van der Waals surface area contributed by atoms with Crippen LogP contribution in [0, 0.1) is 11.8 Å². The molecule has 16 heteroatoms. The monoisotopic (exact) mass is 616 g/mol. The van der Waals surface area contributed by atoms with Crippen LogP contribution < -0.4 is 10.6 Å². The van der Waals surface area contributed by atoms with Crippen molar-refractivity contribution in [2.45, 2.75) is 89.0 Å². The number of rotatable bonds is 13. The summed E-state index contributed by atoms with van der Waals surface area (Å²) >= 11 is 0. The molecule has 0 unspecified atom stereocenters. The zero-order chi connectivity index (χ0) is 30.7. The van der Waals surface area contributed by atoms with Crippen molar-refractivity contribution in [3.8, 4) is 0 Å². The number of aromatic nitrogens is 4. The quantitative estimate of drug-likeness (QED) is 0.248. The molecule has 0 saturated heterocycles. The number of nitrogens with zero attached hydrogens (tertiary/aromatic N) is 4. The van der Waals surface area contributed by atoms with E-state index in [1.807, 2.05) is 0 Å². The van der Waals surface area contributed by atoms with E-state index in [1.165, 1.54) is 10.7 Å². The fourth-order valence-corrected chi connectivity index (χ4v) is 5.36. The van der Waals surface area contributed by atoms with Gasteiger partial charge in [-0.3, -0.25) is 9.59 Å². The number of fused-ring (bicyclic) bond motifs is 1. The number of hydrogen-bond donors (Lipinski definition) is 2. The van der Waals surface area contributed by atoms with Crippen LogP contribution in [-0.2, 0) is 16.1 Å². The Kier molecular flexibility index (Phi) is 9.22. The first-order chi connectivity index (χ1) is 20.5. The van der Waals surface area contributed by atoms with Gasteiger partial charge in [0.1, 0.15) is 17.5 Å². The second-order valence-electron chi connectivity index (χ2n) is 11.0. The first kappa shape index (κ1) is 30.8. The molecule has 234 valence electrons. The fraction of sp³-hybridized carbons (Fsp3) is 0.593. The van der Waals surface area contributed by atoms with Crippen molar-refractivity contribution in [1.29, 1.82) is 0 Å². The molecular weight excluding hydrogens is 586 g/mol. The molecule has 0 spiro atoms. The highest BCUT2D eigenvalue weighted by Gasteiger charge is 2.40. The summed E-state index contributed by atoms with van der Waals surface area (Å²) in [6, 6.07) is 0.405. The molecule has 2 N–H and O–H groups in total. The Morgan fingerprint density at radius 2 is 1.79 bits per heavy atom. The molecule has 3 aromatic heterocycles. The Hall–Kier alpha value is -3.69. The minimum atomic E-state index is -3.09. The molecule has 10 nitrogen and oxygen atoms in total. The molecule has 43 heavy (non-hydrogen) atoms. The first-order valence-electron chi connectivity index (χ1n) is 13.9. The lowest BCUT2D eigenvalue weighted by Crippen LogP contribution is -2.37. The third-order valence-electron chi connectivity index (χ3n) is 7.79. The van der Waals surface area contributed by atoms with E-state index in [4.69, 9.17) is 4.52 Å². The van der Waals surface area contributed by atoms with Gasteiger partial charge in [-0.05, 0) is 49.1 Å². The summed E-state index contributed by atoms with van der Waals surface area (Å²) in [6.07, 6.45) is 1.74. The van der Waals surface area contributed by atoms with E-state index >= 15 is 0 Å². The molecule has 0 aromatic carbocycles. The van der Waals surface area contributed by atoms with Gasteiger partial charge < -0.3 is 19.9 Å². The van der Waals surface area contributed by atoms with Gasteiger partial charge in [-0.15, -0.1) is 0 Å². The zero-order valence-electron chi connectivity index (χ0n) is 22.8. The standard InChI is InChI=1S/C27H30F6N6O4/c28-20(29)3-4-22(40)36-23(14-1-2-14)16-9-21-35-18(11-39(21)34-10-16)24(15-5-7-27(32,33)8-6-15)37-25(41)17-12-43-38-19(17)13-42-26(30)31/h9-12,14-15,20,23-24,26H,1-8,13H2,(H,36,40)(H,37,41)/t23-,24+/m1/s1. The maximum absolute atomic E-state index is 14.0. The lowest BCUT2D eigenvalue weighted by molar-refractivity contribution is -0.138. The number of carbonyl (C=O) groups is 2. The Labute approximate surface area is 241 Å². The predicted molar refractivity (Wildman–Crippen MR) is 136 cm³/mol. The van der Waals surface area contributed by atoms with Gasteiger partial charge in [0.15, 0.2) is 5.65 Å². The zero-order valence-corrected chi connectivity index (χ0v) is 22.8. The van der Waals surface area contributed by atoms with Gasteiger partial charge in [-0.25, -0.2) is 27.1 Å². The van der Waals surface area contributed by atoms with Gasteiger partial charge in [0, 0.05) is 25.7 Å². The number of halogens is 6. The van der Waals surface area contributed by atoms with Gasteiger partial charge in [0.05, 0.1) is 36.8 Å². The van der Waals surface area contributed by atoms with E-state index in [-0.39, 0.29) is 49.3 Å². The van der Waals surface area contributed by atoms with Crippen molar-refractivity contribution in [2.24, 2.45) is 11.8 Å². The SMILES string of the molecule is O=C(CCC(F)F)N[C@@H](c1cnn2cc([C@@H](NC(=O)c3conc3COC(F)F)C3CCC(F)(F)CC3)nc2c1)C1CC1. The largest absolute Gasteiger partial charge is 0.364 e.